The van der Waals surface area contributed by atoms with Crippen molar-refractivity contribution >= 4 is 32.9 Å². The van der Waals surface area contributed by atoms with Gasteiger partial charge in [0.2, 0.25) is 0 Å². The fraction of sp³-hybridized carbons (Fsp3) is 0.429. The van der Waals surface area contributed by atoms with Crippen LogP contribution in [-0.4, -0.2) is 27.5 Å². The van der Waals surface area contributed by atoms with Gasteiger partial charge in [-0.1, -0.05) is 35.0 Å². The number of esters is 1. The predicted octanol–water partition coefficient (Wildman–Crippen LogP) is 2.93. The standard InChI is InChI=1S/C14H17BrN2O2/c1-3-6-13-16-11-7-4-5-8-12(11)17(13)9-10(15)14(18)19-2/h4-5,7-8,10H,3,6,9H2,1-2H3. The van der Waals surface area contributed by atoms with Gasteiger partial charge in [-0.2, -0.15) is 0 Å². The molecular formula is C14H17BrN2O2. The summed E-state index contributed by atoms with van der Waals surface area (Å²) in [6.07, 6.45) is 1.92. The van der Waals surface area contributed by atoms with E-state index in [2.05, 4.69) is 32.4 Å². The summed E-state index contributed by atoms with van der Waals surface area (Å²) in [4.78, 5) is 15.8. The van der Waals surface area contributed by atoms with Gasteiger partial charge in [0.05, 0.1) is 18.1 Å². The third-order valence-corrected chi connectivity index (χ3v) is 3.67. The highest BCUT2D eigenvalue weighted by Gasteiger charge is 2.19. The molecule has 1 aromatic heterocycles. The minimum Gasteiger partial charge on any atom is -0.468 e. The molecule has 1 heterocycles. The number of aryl methyl sites for hydroxylation is 1. The van der Waals surface area contributed by atoms with Crippen LogP contribution in [0.5, 0.6) is 0 Å². The Morgan fingerprint density at radius 2 is 2.21 bits per heavy atom. The molecule has 0 fully saturated rings. The summed E-state index contributed by atoms with van der Waals surface area (Å²) >= 11 is 3.37. The molecule has 1 aromatic carbocycles. The van der Waals surface area contributed by atoms with Gasteiger partial charge in [0.1, 0.15) is 10.7 Å². The molecule has 2 aromatic rings. The number of methoxy groups -OCH3 is 1. The molecule has 4 nitrogen and oxygen atoms in total. The summed E-state index contributed by atoms with van der Waals surface area (Å²) < 4.78 is 6.85. The van der Waals surface area contributed by atoms with Gasteiger partial charge in [-0.15, -0.1) is 0 Å². The Labute approximate surface area is 120 Å². The highest BCUT2D eigenvalue weighted by molar-refractivity contribution is 9.10. The number of rotatable bonds is 5. The average molecular weight is 325 g/mol. The van der Waals surface area contributed by atoms with Crippen LogP contribution >= 0.6 is 15.9 Å². The minimum atomic E-state index is -0.356. The second kappa shape index (κ2) is 6.19. The Bertz CT molecular complexity index is 580. The van der Waals surface area contributed by atoms with E-state index in [0.717, 1.165) is 29.7 Å². The van der Waals surface area contributed by atoms with E-state index in [4.69, 9.17) is 4.74 Å². The molecule has 102 valence electrons. The number of hydrogen-bond acceptors (Lipinski definition) is 3. The van der Waals surface area contributed by atoms with Crippen LogP contribution in [0, 0.1) is 0 Å². The highest BCUT2D eigenvalue weighted by atomic mass is 79.9. The van der Waals surface area contributed by atoms with Crippen LogP contribution in [0.15, 0.2) is 24.3 Å². The maximum Gasteiger partial charge on any atom is 0.321 e. The number of carbonyl (C=O) groups excluding carboxylic acids is 1. The zero-order valence-corrected chi connectivity index (χ0v) is 12.7. The highest BCUT2D eigenvalue weighted by Crippen LogP contribution is 2.19. The predicted molar refractivity (Wildman–Crippen MR) is 78.5 cm³/mol. The SMILES string of the molecule is CCCc1nc2ccccc2n1CC(Br)C(=O)OC. The van der Waals surface area contributed by atoms with Crippen molar-refractivity contribution in [3.8, 4) is 0 Å². The summed E-state index contributed by atoms with van der Waals surface area (Å²) in [7, 11) is 1.40. The molecule has 0 N–H and O–H groups in total. The minimum absolute atomic E-state index is 0.264. The van der Waals surface area contributed by atoms with E-state index in [1.54, 1.807) is 0 Å². The molecule has 19 heavy (non-hydrogen) atoms. The van der Waals surface area contributed by atoms with Crippen LogP contribution in [-0.2, 0) is 22.5 Å². The van der Waals surface area contributed by atoms with Crippen LogP contribution in [0.3, 0.4) is 0 Å². The smallest absolute Gasteiger partial charge is 0.321 e. The molecule has 0 radical (unpaired) electrons. The first-order chi connectivity index (χ1) is 9.17. The lowest BCUT2D eigenvalue weighted by atomic mass is 10.3. The molecule has 0 aliphatic rings. The number of aromatic nitrogens is 2. The lowest BCUT2D eigenvalue weighted by Crippen LogP contribution is -2.22. The van der Waals surface area contributed by atoms with Crippen molar-refractivity contribution in [3.05, 3.63) is 30.1 Å². The lowest BCUT2D eigenvalue weighted by Gasteiger charge is -2.12. The molecular weight excluding hydrogens is 308 g/mol. The van der Waals surface area contributed by atoms with Crippen LogP contribution < -0.4 is 0 Å². The molecule has 0 saturated carbocycles. The van der Waals surface area contributed by atoms with Gasteiger partial charge in [-0.3, -0.25) is 4.79 Å². The number of ether oxygens (including phenoxy) is 1. The summed E-state index contributed by atoms with van der Waals surface area (Å²) in [5.41, 5.74) is 2.02. The number of alkyl halides is 1. The van der Waals surface area contributed by atoms with Crippen molar-refractivity contribution in [2.75, 3.05) is 7.11 Å². The van der Waals surface area contributed by atoms with E-state index in [-0.39, 0.29) is 10.8 Å². The van der Waals surface area contributed by atoms with Crippen LogP contribution in [0.25, 0.3) is 11.0 Å². The van der Waals surface area contributed by atoms with E-state index in [9.17, 15) is 4.79 Å². The second-order valence-corrected chi connectivity index (χ2v) is 5.47. The Hall–Kier alpha value is -1.36. The monoisotopic (exact) mass is 324 g/mol. The molecule has 0 aliphatic heterocycles. The average Bonchev–Trinajstić information content (AvgIpc) is 2.76. The molecule has 0 spiro atoms. The van der Waals surface area contributed by atoms with Gasteiger partial charge in [0, 0.05) is 13.0 Å². The maximum atomic E-state index is 11.5. The van der Waals surface area contributed by atoms with E-state index in [0.29, 0.717) is 6.54 Å². The van der Waals surface area contributed by atoms with Crippen molar-refractivity contribution < 1.29 is 9.53 Å². The largest absolute Gasteiger partial charge is 0.468 e. The number of imidazole rings is 1. The first-order valence-corrected chi connectivity index (χ1v) is 7.25. The molecule has 1 unspecified atom stereocenters. The molecule has 0 bridgehead atoms. The van der Waals surface area contributed by atoms with Crippen LogP contribution in [0.1, 0.15) is 19.2 Å². The van der Waals surface area contributed by atoms with Crippen LogP contribution in [0.4, 0.5) is 0 Å². The third kappa shape index (κ3) is 2.97. The second-order valence-electron chi connectivity index (χ2n) is 4.37. The lowest BCUT2D eigenvalue weighted by molar-refractivity contribution is -0.140. The Kier molecular flexibility index (Phi) is 4.58. The van der Waals surface area contributed by atoms with Crippen LogP contribution in [0.2, 0.25) is 0 Å². The molecule has 2 rings (SSSR count). The van der Waals surface area contributed by atoms with Crippen molar-refractivity contribution in [3.63, 3.8) is 0 Å². The maximum absolute atomic E-state index is 11.5. The Balaban J connectivity index is 2.38. The number of benzene rings is 1. The molecule has 5 heteroatoms. The zero-order valence-electron chi connectivity index (χ0n) is 11.1. The Morgan fingerprint density at radius 1 is 1.47 bits per heavy atom. The fourth-order valence-corrected chi connectivity index (χ4v) is 2.58. The molecule has 0 saturated heterocycles. The summed E-state index contributed by atoms with van der Waals surface area (Å²) in [5, 5.41) is 0. The zero-order chi connectivity index (χ0) is 13.8. The first-order valence-electron chi connectivity index (χ1n) is 6.33. The van der Waals surface area contributed by atoms with Crippen molar-refractivity contribution in [2.45, 2.75) is 31.1 Å². The number of fused-ring (bicyclic) bond motifs is 1. The number of carbonyl (C=O) groups is 1. The van der Waals surface area contributed by atoms with E-state index in [1.165, 1.54) is 7.11 Å². The number of hydrogen-bond donors (Lipinski definition) is 0. The Morgan fingerprint density at radius 3 is 2.89 bits per heavy atom. The van der Waals surface area contributed by atoms with E-state index >= 15 is 0 Å². The number of halogens is 1. The van der Waals surface area contributed by atoms with Crippen molar-refractivity contribution in [2.24, 2.45) is 0 Å². The first kappa shape index (κ1) is 14.1. The fourth-order valence-electron chi connectivity index (χ4n) is 2.11. The van der Waals surface area contributed by atoms with Crippen molar-refractivity contribution in [1.29, 1.82) is 0 Å². The molecule has 1 atom stereocenters. The van der Waals surface area contributed by atoms with Crippen molar-refractivity contribution in [1.82, 2.24) is 9.55 Å². The van der Waals surface area contributed by atoms with Gasteiger partial charge >= 0.3 is 5.97 Å². The topological polar surface area (TPSA) is 44.1 Å². The third-order valence-electron chi connectivity index (χ3n) is 3.01. The quantitative estimate of drug-likeness (QED) is 0.627. The summed E-state index contributed by atoms with van der Waals surface area (Å²) in [6, 6.07) is 7.98. The summed E-state index contributed by atoms with van der Waals surface area (Å²) in [6.45, 7) is 2.65. The molecule has 0 aliphatic carbocycles. The normalized spacial score (nSPS) is 12.6. The van der Waals surface area contributed by atoms with Gasteiger partial charge in [-0.05, 0) is 18.6 Å². The van der Waals surface area contributed by atoms with Gasteiger partial charge in [-0.25, -0.2) is 4.98 Å². The van der Waals surface area contributed by atoms with Gasteiger partial charge < -0.3 is 9.30 Å². The van der Waals surface area contributed by atoms with E-state index < -0.39 is 0 Å². The van der Waals surface area contributed by atoms with Gasteiger partial charge in [0.15, 0.2) is 0 Å². The number of para-hydroxylation sites is 2. The van der Waals surface area contributed by atoms with Gasteiger partial charge in [0.25, 0.3) is 0 Å². The number of nitrogens with zero attached hydrogens (tertiary/aromatic N) is 2. The summed E-state index contributed by atoms with van der Waals surface area (Å²) in [5.74, 6) is 0.747. The van der Waals surface area contributed by atoms with E-state index in [1.807, 2.05) is 24.3 Å². The molecule has 0 amide bonds.